The molecule has 45 heavy (non-hydrogen) atoms. The highest BCUT2D eigenvalue weighted by atomic mass is 35.5. The summed E-state index contributed by atoms with van der Waals surface area (Å²) < 4.78 is 52.1. The molecule has 1 heterocycles. The van der Waals surface area contributed by atoms with E-state index >= 15 is 0 Å². The van der Waals surface area contributed by atoms with E-state index in [0.717, 1.165) is 23.1 Å². The maximum absolute atomic E-state index is 13.6. The number of hydrogen-bond acceptors (Lipinski definition) is 4. The number of rotatable bonds is 10. The molecular formula is C35H30ClF3N2O4. The van der Waals surface area contributed by atoms with Gasteiger partial charge in [0.2, 0.25) is 5.91 Å². The van der Waals surface area contributed by atoms with Crippen molar-refractivity contribution in [2.45, 2.75) is 32.0 Å². The van der Waals surface area contributed by atoms with Gasteiger partial charge in [0.25, 0.3) is 5.91 Å². The molecule has 10 heteroatoms. The second-order valence-electron chi connectivity index (χ2n) is 10.4. The summed E-state index contributed by atoms with van der Waals surface area (Å²) in [4.78, 5) is 26.8. The quantitative estimate of drug-likeness (QED) is 0.168. The monoisotopic (exact) mass is 634 g/mol. The summed E-state index contributed by atoms with van der Waals surface area (Å²) in [7, 11) is 1.55. The zero-order valence-corrected chi connectivity index (χ0v) is 25.3. The number of benzene rings is 4. The average molecular weight is 635 g/mol. The zero-order valence-electron chi connectivity index (χ0n) is 24.5. The van der Waals surface area contributed by atoms with Crippen molar-refractivity contribution in [3.8, 4) is 11.5 Å². The Kier molecular flexibility index (Phi) is 9.48. The van der Waals surface area contributed by atoms with Crippen LogP contribution in [0.5, 0.6) is 11.5 Å². The first-order valence-electron chi connectivity index (χ1n) is 14.2. The Morgan fingerprint density at radius 1 is 0.911 bits per heavy atom. The molecule has 5 aromatic rings. The maximum atomic E-state index is 13.6. The van der Waals surface area contributed by atoms with Gasteiger partial charge in [-0.25, -0.2) is 0 Å². The minimum atomic E-state index is -4.44. The fourth-order valence-corrected chi connectivity index (χ4v) is 5.34. The van der Waals surface area contributed by atoms with Crippen LogP contribution in [0.1, 0.15) is 45.3 Å². The third kappa shape index (κ3) is 7.32. The van der Waals surface area contributed by atoms with Crippen LogP contribution in [0.4, 0.5) is 13.2 Å². The van der Waals surface area contributed by atoms with E-state index in [2.05, 4.69) is 5.32 Å². The van der Waals surface area contributed by atoms with Crippen molar-refractivity contribution in [2.24, 2.45) is 0 Å². The molecule has 1 aromatic heterocycles. The van der Waals surface area contributed by atoms with E-state index in [4.69, 9.17) is 21.1 Å². The van der Waals surface area contributed by atoms with Crippen LogP contribution in [0.25, 0.3) is 10.9 Å². The van der Waals surface area contributed by atoms with E-state index < -0.39 is 17.8 Å². The summed E-state index contributed by atoms with van der Waals surface area (Å²) in [6.07, 6.45) is -4.60. The molecule has 0 aliphatic rings. The molecule has 1 atom stereocenters. The smallest absolute Gasteiger partial charge is 0.416 e. The second-order valence-corrected chi connectivity index (χ2v) is 10.9. The largest absolute Gasteiger partial charge is 0.497 e. The Balaban J connectivity index is 1.33. The molecule has 0 radical (unpaired) electrons. The Morgan fingerprint density at radius 2 is 1.58 bits per heavy atom. The summed E-state index contributed by atoms with van der Waals surface area (Å²) in [5, 5.41) is 4.17. The second kappa shape index (κ2) is 13.5. The molecule has 1 amide bonds. The highest BCUT2D eigenvalue weighted by Gasteiger charge is 2.30. The molecule has 5 rings (SSSR count). The summed E-state index contributed by atoms with van der Waals surface area (Å²) in [6.45, 7) is 2.04. The van der Waals surface area contributed by atoms with Gasteiger partial charge in [-0.2, -0.15) is 13.2 Å². The molecule has 0 saturated heterocycles. The number of ether oxygens (including phenoxy) is 2. The number of nitrogens with zero attached hydrogens (tertiary/aromatic N) is 1. The van der Waals surface area contributed by atoms with Gasteiger partial charge in [0.15, 0.2) is 0 Å². The minimum absolute atomic E-state index is 0.00612. The molecule has 6 nitrogen and oxygen atoms in total. The molecule has 1 unspecified atom stereocenters. The summed E-state index contributed by atoms with van der Waals surface area (Å²) in [6, 6.07) is 25.8. The molecule has 0 fully saturated rings. The fourth-order valence-electron chi connectivity index (χ4n) is 5.21. The number of nitrogens with one attached hydrogen (secondary N) is 1. The number of aromatic nitrogens is 1. The van der Waals surface area contributed by atoms with E-state index in [1.54, 1.807) is 61.1 Å². The van der Waals surface area contributed by atoms with Gasteiger partial charge in [-0.1, -0.05) is 41.9 Å². The van der Waals surface area contributed by atoms with Gasteiger partial charge >= 0.3 is 6.18 Å². The van der Waals surface area contributed by atoms with Crippen LogP contribution in [0.3, 0.4) is 0 Å². The number of methoxy groups -OCH3 is 1. The van der Waals surface area contributed by atoms with Gasteiger partial charge in [-0.05, 0) is 84.8 Å². The molecule has 0 aliphatic heterocycles. The first-order valence-corrected chi connectivity index (χ1v) is 14.6. The van der Waals surface area contributed by atoms with Gasteiger partial charge in [0.05, 0.1) is 24.6 Å². The first-order chi connectivity index (χ1) is 21.5. The zero-order chi connectivity index (χ0) is 32.1. The maximum Gasteiger partial charge on any atom is 0.416 e. The predicted octanol–water partition coefficient (Wildman–Crippen LogP) is 8.19. The number of halogens is 4. The SMILES string of the molecule is COc1ccc2c(c1)c(CC(=O)NCCC(Oc1ccc(C(F)(F)F)cc1)c1ccccc1)c(C)n2C(=O)c1ccc(Cl)cc1. The Bertz CT molecular complexity index is 1800. The summed E-state index contributed by atoms with van der Waals surface area (Å²) >= 11 is 6.02. The van der Waals surface area contributed by atoms with Crippen LogP contribution in [0.2, 0.25) is 5.02 Å². The molecule has 1 N–H and O–H groups in total. The van der Waals surface area contributed by atoms with Crippen molar-refractivity contribution in [3.63, 3.8) is 0 Å². The Labute approximate surface area is 263 Å². The lowest BCUT2D eigenvalue weighted by Crippen LogP contribution is -2.28. The molecule has 0 spiro atoms. The van der Waals surface area contributed by atoms with Crippen LogP contribution < -0.4 is 14.8 Å². The van der Waals surface area contributed by atoms with Crippen molar-refractivity contribution in [1.29, 1.82) is 0 Å². The van der Waals surface area contributed by atoms with Crippen LogP contribution in [0, 0.1) is 6.92 Å². The van der Waals surface area contributed by atoms with Gasteiger partial charge < -0.3 is 14.8 Å². The number of fused-ring (bicyclic) bond motifs is 1. The highest BCUT2D eigenvalue weighted by molar-refractivity contribution is 6.30. The Morgan fingerprint density at radius 3 is 2.22 bits per heavy atom. The van der Waals surface area contributed by atoms with E-state index in [1.165, 1.54) is 12.1 Å². The fraction of sp³-hybridized carbons (Fsp3) is 0.200. The number of alkyl halides is 3. The lowest BCUT2D eigenvalue weighted by molar-refractivity contribution is -0.137. The molecule has 0 saturated carbocycles. The lowest BCUT2D eigenvalue weighted by Gasteiger charge is -2.20. The topological polar surface area (TPSA) is 69.6 Å². The van der Waals surface area contributed by atoms with E-state index in [1.807, 2.05) is 30.3 Å². The van der Waals surface area contributed by atoms with E-state index in [0.29, 0.717) is 39.5 Å². The van der Waals surface area contributed by atoms with Gasteiger partial charge in [0, 0.05) is 34.6 Å². The molecular weight excluding hydrogens is 605 g/mol. The average Bonchev–Trinajstić information content (AvgIpc) is 3.30. The minimum Gasteiger partial charge on any atom is -0.497 e. The summed E-state index contributed by atoms with van der Waals surface area (Å²) in [5.41, 5.74) is 2.46. The number of hydrogen-bond donors (Lipinski definition) is 1. The molecule has 4 aromatic carbocycles. The number of amides is 1. The van der Waals surface area contributed by atoms with Crippen LogP contribution >= 0.6 is 11.6 Å². The van der Waals surface area contributed by atoms with Crippen molar-refractivity contribution in [2.75, 3.05) is 13.7 Å². The molecule has 232 valence electrons. The van der Waals surface area contributed by atoms with Gasteiger partial charge in [0.1, 0.15) is 17.6 Å². The van der Waals surface area contributed by atoms with E-state index in [-0.39, 0.29) is 30.5 Å². The van der Waals surface area contributed by atoms with Crippen molar-refractivity contribution in [3.05, 3.63) is 130 Å². The standard InChI is InChI=1S/C35H30ClF3N2O4/c1-22-29(30-20-28(44-2)16-17-31(30)41(22)34(43)24-8-12-26(36)13-9-24)21-33(42)40-19-18-32(23-6-4-3-5-7-23)45-27-14-10-25(11-15-27)35(37,38)39/h3-17,20,32H,18-19,21H2,1-2H3,(H,40,42). The van der Waals surface area contributed by atoms with Crippen molar-refractivity contribution in [1.82, 2.24) is 9.88 Å². The highest BCUT2D eigenvalue weighted by Crippen LogP contribution is 2.33. The first kappa shape index (κ1) is 31.7. The van der Waals surface area contributed by atoms with Crippen LogP contribution in [-0.4, -0.2) is 30.0 Å². The number of carbonyl (C=O) groups excluding carboxylic acids is 2. The molecule has 0 bridgehead atoms. The van der Waals surface area contributed by atoms with Gasteiger partial charge in [-0.3, -0.25) is 14.2 Å². The van der Waals surface area contributed by atoms with Crippen LogP contribution in [-0.2, 0) is 17.4 Å². The predicted molar refractivity (Wildman–Crippen MR) is 167 cm³/mol. The third-order valence-electron chi connectivity index (χ3n) is 7.53. The van der Waals surface area contributed by atoms with Crippen molar-refractivity contribution >= 4 is 34.3 Å². The summed E-state index contributed by atoms with van der Waals surface area (Å²) in [5.74, 6) is 0.356. The van der Waals surface area contributed by atoms with E-state index in [9.17, 15) is 22.8 Å². The molecule has 0 aliphatic carbocycles. The third-order valence-corrected chi connectivity index (χ3v) is 7.79. The number of carbonyl (C=O) groups is 2. The normalized spacial score (nSPS) is 12.1. The van der Waals surface area contributed by atoms with Crippen molar-refractivity contribution < 1.29 is 32.2 Å². The van der Waals surface area contributed by atoms with Gasteiger partial charge in [-0.15, -0.1) is 0 Å². The lowest BCUT2D eigenvalue weighted by atomic mass is 10.1. The van der Waals surface area contributed by atoms with Crippen LogP contribution in [0.15, 0.2) is 97.1 Å². The Hall–Kier alpha value is -4.76.